The van der Waals surface area contributed by atoms with Gasteiger partial charge < -0.3 is 25.2 Å². The predicted octanol–water partition coefficient (Wildman–Crippen LogP) is -2.85. The lowest BCUT2D eigenvalue weighted by Gasteiger charge is -2.19. The van der Waals surface area contributed by atoms with Crippen molar-refractivity contribution in [1.29, 1.82) is 0 Å². The molecule has 0 fully saturated rings. The van der Waals surface area contributed by atoms with E-state index in [1.54, 1.807) is 0 Å². The van der Waals surface area contributed by atoms with E-state index in [-0.39, 0.29) is 0 Å². The summed E-state index contributed by atoms with van der Waals surface area (Å²) >= 11 is 0. The second-order valence-corrected chi connectivity index (χ2v) is 1.59. The van der Waals surface area contributed by atoms with Gasteiger partial charge in [-0.15, -0.1) is 0 Å². The van der Waals surface area contributed by atoms with Crippen LogP contribution >= 0.6 is 0 Å². The summed E-state index contributed by atoms with van der Waals surface area (Å²) in [6.07, 6.45) is -2.57. The normalized spacial score (nSPS) is 11.8. The molecular weight excluding hydrogens is 144 g/mol. The molecule has 0 unspecified atom stereocenters. The molecule has 0 bridgehead atoms. The van der Waals surface area contributed by atoms with Gasteiger partial charge in [-0.2, -0.15) is 0 Å². The maximum Gasteiger partial charge on any atom is 0.371 e. The average molecular weight is 152 g/mol. The number of carbonyl (C=O) groups is 1. The number of ether oxygens (including phenoxy) is 1. The molecule has 60 valence electrons. The van der Waals surface area contributed by atoms with Crippen molar-refractivity contribution < 1.29 is 30.0 Å². The third kappa shape index (κ3) is 1.64. The molecule has 0 amide bonds. The summed E-state index contributed by atoms with van der Waals surface area (Å²) in [5, 5.41) is 33.2. The lowest BCUT2D eigenvalue weighted by molar-refractivity contribution is -0.284. The monoisotopic (exact) mass is 152 g/mol. The minimum atomic E-state index is -3.24. The topological polar surface area (TPSA) is 107 Å². The van der Waals surface area contributed by atoms with Crippen molar-refractivity contribution in [2.75, 3.05) is 7.11 Å². The minimum Gasteiger partial charge on any atom is -0.465 e. The molecule has 0 atom stereocenters. The van der Waals surface area contributed by atoms with Crippen molar-refractivity contribution in [3.05, 3.63) is 0 Å². The maximum absolute atomic E-state index is 10.2. The molecule has 0 aliphatic heterocycles. The van der Waals surface area contributed by atoms with Gasteiger partial charge in [0, 0.05) is 0 Å². The van der Waals surface area contributed by atoms with E-state index in [1.807, 2.05) is 0 Å². The molecule has 0 saturated heterocycles. The van der Waals surface area contributed by atoms with E-state index in [2.05, 4.69) is 4.74 Å². The van der Waals surface area contributed by atoms with Crippen LogP contribution in [0.4, 0.5) is 0 Å². The number of hydrogen-bond donors (Lipinski definition) is 4. The molecular formula is C4H8O6. The number of esters is 1. The van der Waals surface area contributed by atoms with Crippen molar-refractivity contribution in [2.45, 2.75) is 12.1 Å². The molecule has 0 aromatic carbocycles. The van der Waals surface area contributed by atoms with Gasteiger partial charge in [-0.05, 0) is 0 Å². The van der Waals surface area contributed by atoms with Gasteiger partial charge in [0.2, 0.25) is 6.29 Å². The number of hydrogen-bond acceptors (Lipinski definition) is 6. The van der Waals surface area contributed by atoms with Crippen molar-refractivity contribution in [3.8, 4) is 0 Å². The first-order valence-electron chi connectivity index (χ1n) is 2.32. The molecule has 0 saturated carbocycles. The quantitative estimate of drug-likeness (QED) is 0.250. The van der Waals surface area contributed by atoms with Crippen LogP contribution in [0.15, 0.2) is 0 Å². The third-order valence-corrected chi connectivity index (χ3v) is 0.846. The summed E-state index contributed by atoms with van der Waals surface area (Å²) in [6.45, 7) is 0. The van der Waals surface area contributed by atoms with Crippen molar-refractivity contribution >= 4 is 5.97 Å². The van der Waals surface area contributed by atoms with E-state index in [0.717, 1.165) is 7.11 Å². The van der Waals surface area contributed by atoms with Gasteiger partial charge in [0.1, 0.15) is 0 Å². The zero-order valence-corrected chi connectivity index (χ0v) is 5.18. The molecule has 0 aliphatic carbocycles. The highest BCUT2D eigenvalue weighted by Crippen LogP contribution is 2.05. The van der Waals surface area contributed by atoms with Gasteiger partial charge >= 0.3 is 11.8 Å². The van der Waals surface area contributed by atoms with Gasteiger partial charge in [0.15, 0.2) is 0 Å². The Kier molecular flexibility index (Phi) is 2.73. The number of carbonyl (C=O) groups excluding carboxylic acids is 1. The van der Waals surface area contributed by atoms with Crippen molar-refractivity contribution in [2.24, 2.45) is 0 Å². The number of rotatable bonds is 2. The lowest BCUT2D eigenvalue weighted by Crippen LogP contribution is -2.50. The summed E-state index contributed by atoms with van der Waals surface area (Å²) in [5.74, 6) is -4.77. The Hall–Kier alpha value is -0.690. The first-order valence-corrected chi connectivity index (χ1v) is 2.32. The zero-order valence-electron chi connectivity index (χ0n) is 5.18. The smallest absolute Gasteiger partial charge is 0.371 e. The molecule has 0 rings (SSSR count). The highest BCUT2D eigenvalue weighted by Gasteiger charge is 2.42. The first-order chi connectivity index (χ1) is 4.42. The van der Waals surface area contributed by atoms with Gasteiger partial charge in [-0.25, -0.2) is 4.79 Å². The maximum atomic E-state index is 10.2. The molecule has 0 heterocycles. The standard InChI is InChI=1S/C4H8O6/c1-10-3(7)4(8,9)2(5)6/h2,5-6,8-9H,1H3. The van der Waals surface area contributed by atoms with E-state index in [4.69, 9.17) is 20.4 Å². The van der Waals surface area contributed by atoms with Gasteiger partial charge in [0.05, 0.1) is 7.11 Å². The molecule has 0 aliphatic rings. The first kappa shape index (κ1) is 9.31. The molecule has 0 aromatic heterocycles. The SMILES string of the molecule is COC(=O)C(O)(O)C(O)O. The molecule has 0 radical (unpaired) electrons. The van der Waals surface area contributed by atoms with Crippen LogP contribution in [-0.4, -0.2) is 45.6 Å². The van der Waals surface area contributed by atoms with Crippen LogP contribution in [0.5, 0.6) is 0 Å². The lowest BCUT2D eigenvalue weighted by atomic mass is 10.3. The van der Waals surface area contributed by atoms with E-state index in [1.165, 1.54) is 0 Å². The summed E-state index contributed by atoms with van der Waals surface area (Å²) < 4.78 is 3.82. The molecule has 6 heteroatoms. The van der Waals surface area contributed by atoms with Crippen LogP contribution in [0.2, 0.25) is 0 Å². The van der Waals surface area contributed by atoms with Crippen molar-refractivity contribution in [3.63, 3.8) is 0 Å². The van der Waals surface area contributed by atoms with Crippen LogP contribution in [0, 0.1) is 0 Å². The Morgan fingerprint density at radius 2 is 1.90 bits per heavy atom. The van der Waals surface area contributed by atoms with Gasteiger partial charge in [-0.1, -0.05) is 0 Å². The van der Waals surface area contributed by atoms with E-state index >= 15 is 0 Å². The second-order valence-electron chi connectivity index (χ2n) is 1.59. The zero-order chi connectivity index (χ0) is 8.36. The average Bonchev–Trinajstić information content (AvgIpc) is 1.86. The predicted molar refractivity (Wildman–Crippen MR) is 27.4 cm³/mol. The Morgan fingerprint density at radius 3 is 2.00 bits per heavy atom. The summed E-state index contributed by atoms with van der Waals surface area (Å²) in [7, 11) is 0.881. The minimum absolute atomic E-state index is 0.881. The van der Waals surface area contributed by atoms with Crippen LogP contribution in [-0.2, 0) is 9.53 Å². The van der Waals surface area contributed by atoms with Gasteiger partial charge in [0.25, 0.3) is 0 Å². The van der Waals surface area contributed by atoms with Crippen molar-refractivity contribution in [1.82, 2.24) is 0 Å². The van der Waals surface area contributed by atoms with Crippen LogP contribution in [0.1, 0.15) is 0 Å². The third-order valence-electron chi connectivity index (χ3n) is 0.846. The fourth-order valence-corrected chi connectivity index (χ4v) is 0.256. The number of aliphatic hydroxyl groups is 4. The van der Waals surface area contributed by atoms with E-state index < -0.39 is 18.0 Å². The molecule has 6 nitrogen and oxygen atoms in total. The fourth-order valence-electron chi connectivity index (χ4n) is 0.256. The summed E-state index contributed by atoms with van der Waals surface area (Å²) in [5.41, 5.74) is 0. The highest BCUT2D eigenvalue weighted by atomic mass is 16.6. The fraction of sp³-hybridized carbons (Fsp3) is 0.750. The van der Waals surface area contributed by atoms with Crippen LogP contribution < -0.4 is 0 Å². The molecule has 10 heavy (non-hydrogen) atoms. The largest absolute Gasteiger partial charge is 0.465 e. The summed E-state index contributed by atoms with van der Waals surface area (Å²) in [4.78, 5) is 10.2. The Labute approximate surface area is 56.3 Å². The molecule has 4 N–H and O–H groups in total. The van der Waals surface area contributed by atoms with Crippen LogP contribution in [0.25, 0.3) is 0 Å². The number of aliphatic hydroxyl groups excluding tert-OH is 1. The van der Waals surface area contributed by atoms with Crippen LogP contribution in [0.3, 0.4) is 0 Å². The molecule has 0 spiro atoms. The van der Waals surface area contributed by atoms with E-state index in [9.17, 15) is 4.79 Å². The number of methoxy groups -OCH3 is 1. The molecule has 0 aromatic rings. The summed E-state index contributed by atoms with van der Waals surface area (Å²) in [6, 6.07) is 0. The van der Waals surface area contributed by atoms with E-state index in [0.29, 0.717) is 0 Å². The Balaban J connectivity index is 4.24. The van der Waals surface area contributed by atoms with Gasteiger partial charge in [-0.3, -0.25) is 0 Å². The Morgan fingerprint density at radius 1 is 1.50 bits per heavy atom. The Bertz CT molecular complexity index is 128. The highest BCUT2D eigenvalue weighted by molar-refractivity contribution is 5.77. The second kappa shape index (κ2) is 2.93.